The Labute approximate surface area is 195 Å². The molecular formula is C23H21N3O7S. The molecule has 0 spiro atoms. The quantitative estimate of drug-likeness (QED) is 0.281. The second-order valence-electron chi connectivity index (χ2n) is 7.34. The van der Waals surface area contributed by atoms with Gasteiger partial charge in [0.2, 0.25) is 0 Å². The van der Waals surface area contributed by atoms with Crippen LogP contribution in [-0.2, 0) is 19.6 Å². The Morgan fingerprint density at radius 2 is 1.47 bits per heavy atom. The molecule has 34 heavy (non-hydrogen) atoms. The minimum absolute atomic E-state index is 0.0476. The predicted molar refractivity (Wildman–Crippen MR) is 125 cm³/mol. The number of carbonyl (C=O) groups excluding carboxylic acids is 2. The van der Waals surface area contributed by atoms with Crippen LogP contribution in [0.15, 0.2) is 77.7 Å². The van der Waals surface area contributed by atoms with E-state index in [2.05, 4.69) is 10.0 Å². The first kappa shape index (κ1) is 24.4. The number of carbonyl (C=O) groups is 2. The number of hydrogen-bond acceptors (Lipinski definition) is 7. The molecule has 2 N–H and O–H groups in total. The van der Waals surface area contributed by atoms with Crippen molar-refractivity contribution in [1.29, 1.82) is 0 Å². The SMILES string of the molecule is Cc1ccc(NS(=O)(=O)c2ccc(C(=O)OC(C)C(=O)Nc3ccc([N+](=O)[O-])cc3)cc2)cc1. The van der Waals surface area contributed by atoms with Gasteiger partial charge in [0.15, 0.2) is 6.10 Å². The van der Waals surface area contributed by atoms with E-state index in [0.717, 1.165) is 5.56 Å². The lowest BCUT2D eigenvalue weighted by molar-refractivity contribution is -0.384. The number of non-ortho nitro benzene ring substituents is 1. The minimum Gasteiger partial charge on any atom is -0.449 e. The first-order valence-corrected chi connectivity index (χ1v) is 11.5. The molecule has 0 fully saturated rings. The lowest BCUT2D eigenvalue weighted by Gasteiger charge is -2.14. The van der Waals surface area contributed by atoms with E-state index in [1.54, 1.807) is 24.3 Å². The van der Waals surface area contributed by atoms with Gasteiger partial charge in [-0.3, -0.25) is 19.6 Å². The van der Waals surface area contributed by atoms with Crippen molar-refractivity contribution in [2.45, 2.75) is 24.8 Å². The van der Waals surface area contributed by atoms with Crippen molar-refractivity contribution >= 4 is 39.0 Å². The van der Waals surface area contributed by atoms with Crippen molar-refractivity contribution in [3.63, 3.8) is 0 Å². The summed E-state index contributed by atoms with van der Waals surface area (Å²) in [4.78, 5) is 34.7. The predicted octanol–water partition coefficient (Wildman–Crippen LogP) is 3.89. The fourth-order valence-electron chi connectivity index (χ4n) is 2.80. The van der Waals surface area contributed by atoms with E-state index >= 15 is 0 Å². The van der Waals surface area contributed by atoms with Gasteiger partial charge in [-0.1, -0.05) is 17.7 Å². The Balaban J connectivity index is 1.60. The molecule has 10 nitrogen and oxygen atoms in total. The summed E-state index contributed by atoms with van der Waals surface area (Å²) >= 11 is 0. The van der Waals surface area contributed by atoms with E-state index in [9.17, 15) is 28.1 Å². The molecule has 0 heterocycles. The monoisotopic (exact) mass is 483 g/mol. The number of anilines is 2. The van der Waals surface area contributed by atoms with Crippen LogP contribution in [0.25, 0.3) is 0 Å². The number of nitrogens with one attached hydrogen (secondary N) is 2. The molecule has 3 aromatic carbocycles. The Morgan fingerprint density at radius 1 is 0.912 bits per heavy atom. The van der Waals surface area contributed by atoms with Crippen LogP contribution >= 0.6 is 0 Å². The first-order chi connectivity index (χ1) is 16.0. The molecular weight excluding hydrogens is 462 g/mol. The highest BCUT2D eigenvalue weighted by molar-refractivity contribution is 7.92. The Kier molecular flexibility index (Phi) is 7.27. The number of hydrogen-bond donors (Lipinski definition) is 2. The molecule has 3 aromatic rings. The molecule has 1 amide bonds. The highest BCUT2D eigenvalue weighted by Crippen LogP contribution is 2.19. The van der Waals surface area contributed by atoms with Gasteiger partial charge in [-0.05, 0) is 62.4 Å². The number of nitro groups is 1. The number of sulfonamides is 1. The summed E-state index contributed by atoms with van der Waals surface area (Å²) in [6.45, 7) is 3.25. The molecule has 0 aliphatic rings. The second-order valence-corrected chi connectivity index (χ2v) is 9.02. The minimum atomic E-state index is -3.86. The molecule has 176 valence electrons. The van der Waals surface area contributed by atoms with Crippen LogP contribution in [0.3, 0.4) is 0 Å². The summed E-state index contributed by atoms with van der Waals surface area (Å²) in [5.41, 5.74) is 1.62. The topological polar surface area (TPSA) is 145 Å². The van der Waals surface area contributed by atoms with Gasteiger partial charge in [0.25, 0.3) is 21.6 Å². The zero-order valence-corrected chi connectivity index (χ0v) is 19.0. The molecule has 11 heteroatoms. The number of rotatable bonds is 8. The molecule has 0 saturated carbocycles. The van der Waals surface area contributed by atoms with Crippen LogP contribution in [0.4, 0.5) is 17.1 Å². The Hall–Kier alpha value is -4.25. The van der Waals surface area contributed by atoms with Crippen LogP contribution in [0.5, 0.6) is 0 Å². The number of aryl methyl sites for hydroxylation is 1. The van der Waals surface area contributed by atoms with Crippen LogP contribution in [0.2, 0.25) is 0 Å². The number of benzene rings is 3. The van der Waals surface area contributed by atoms with Crippen molar-refractivity contribution < 1.29 is 27.7 Å². The van der Waals surface area contributed by atoms with E-state index in [4.69, 9.17) is 4.74 Å². The third-order valence-electron chi connectivity index (χ3n) is 4.70. The molecule has 0 aliphatic carbocycles. The number of nitro benzene ring substituents is 1. The fraction of sp³-hybridized carbons (Fsp3) is 0.130. The third-order valence-corrected chi connectivity index (χ3v) is 6.10. The van der Waals surface area contributed by atoms with Crippen molar-refractivity contribution in [2.75, 3.05) is 10.0 Å². The zero-order chi connectivity index (χ0) is 24.9. The molecule has 1 unspecified atom stereocenters. The van der Waals surface area contributed by atoms with E-state index in [0.29, 0.717) is 11.4 Å². The number of esters is 1. The second kappa shape index (κ2) is 10.1. The molecule has 0 radical (unpaired) electrons. The van der Waals surface area contributed by atoms with E-state index in [1.807, 2.05) is 6.92 Å². The smallest absolute Gasteiger partial charge is 0.338 e. The van der Waals surface area contributed by atoms with Crippen LogP contribution in [-0.4, -0.2) is 31.3 Å². The maximum Gasteiger partial charge on any atom is 0.338 e. The molecule has 0 saturated heterocycles. The highest BCUT2D eigenvalue weighted by Gasteiger charge is 2.21. The van der Waals surface area contributed by atoms with Gasteiger partial charge in [-0.2, -0.15) is 0 Å². The average molecular weight is 484 g/mol. The van der Waals surface area contributed by atoms with E-state index < -0.39 is 32.9 Å². The number of ether oxygens (including phenoxy) is 1. The largest absolute Gasteiger partial charge is 0.449 e. The maximum atomic E-state index is 12.5. The van der Waals surface area contributed by atoms with Crippen molar-refractivity contribution in [2.24, 2.45) is 0 Å². The van der Waals surface area contributed by atoms with Gasteiger partial charge in [0.1, 0.15) is 0 Å². The van der Waals surface area contributed by atoms with E-state index in [1.165, 1.54) is 55.5 Å². The van der Waals surface area contributed by atoms with Gasteiger partial charge in [0.05, 0.1) is 15.4 Å². The summed E-state index contributed by atoms with van der Waals surface area (Å²) < 4.78 is 32.7. The summed E-state index contributed by atoms with van der Waals surface area (Å²) in [5.74, 6) is -1.45. The standard InChI is InChI=1S/C23H21N3O7S/c1-15-3-7-19(8-4-15)25-34(31,32)21-13-5-17(6-14-21)23(28)33-16(2)22(27)24-18-9-11-20(12-10-18)26(29)30/h3-14,16,25H,1-2H3,(H,24,27). The number of amides is 1. The Bertz CT molecular complexity index is 1300. The highest BCUT2D eigenvalue weighted by atomic mass is 32.2. The molecule has 0 aromatic heterocycles. The molecule has 0 bridgehead atoms. The van der Waals surface area contributed by atoms with E-state index in [-0.39, 0.29) is 16.1 Å². The van der Waals surface area contributed by atoms with Crippen LogP contribution in [0.1, 0.15) is 22.8 Å². The summed E-state index contributed by atoms with van der Waals surface area (Å²) in [7, 11) is -3.86. The molecule has 1 atom stereocenters. The maximum absolute atomic E-state index is 12.5. The fourth-order valence-corrected chi connectivity index (χ4v) is 3.86. The van der Waals surface area contributed by atoms with Crippen molar-refractivity contribution in [1.82, 2.24) is 0 Å². The Morgan fingerprint density at radius 3 is 2.03 bits per heavy atom. The lowest BCUT2D eigenvalue weighted by Crippen LogP contribution is -2.30. The van der Waals surface area contributed by atoms with Gasteiger partial charge in [-0.15, -0.1) is 0 Å². The van der Waals surface area contributed by atoms with Crippen LogP contribution < -0.4 is 10.0 Å². The van der Waals surface area contributed by atoms with Gasteiger partial charge >= 0.3 is 5.97 Å². The van der Waals surface area contributed by atoms with Crippen LogP contribution in [0, 0.1) is 17.0 Å². The third kappa shape index (κ3) is 6.17. The van der Waals surface area contributed by atoms with Crippen molar-refractivity contribution in [3.8, 4) is 0 Å². The normalized spacial score (nSPS) is 11.8. The van der Waals surface area contributed by atoms with Gasteiger partial charge in [0, 0.05) is 23.5 Å². The zero-order valence-electron chi connectivity index (χ0n) is 18.2. The van der Waals surface area contributed by atoms with Gasteiger partial charge < -0.3 is 10.1 Å². The molecule has 0 aliphatic heterocycles. The molecule has 3 rings (SSSR count). The van der Waals surface area contributed by atoms with Crippen molar-refractivity contribution in [3.05, 3.63) is 94.0 Å². The lowest BCUT2D eigenvalue weighted by atomic mass is 10.2. The first-order valence-electron chi connectivity index (χ1n) is 10.0. The summed E-state index contributed by atoms with van der Waals surface area (Å²) in [6, 6.07) is 17.1. The summed E-state index contributed by atoms with van der Waals surface area (Å²) in [6.07, 6.45) is -1.17. The average Bonchev–Trinajstić information content (AvgIpc) is 2.80. The van der Waals surface area contributed by atoms with Gasteiger partial charge in [-0.25, -0.2) is 13.2 Å². The number of nitrogens with zero attached hydrogens (tertiary/aromatic N) is 1. The summed E-state index contributed by atoms with van der Waals surface area (Å²) in [5, 5.41) is 13.2.